The number of hydrogen-bond acceptors (Lipinski definition) is 17. The Balaban J connectivity index is 0.00000312. The van der Waals surface area contributed by atoms with Gasteiger partial charge in [-0.3, -0.25) is 29.0 Å². The van der Waals surface area contributed by atoms with Gasteiger partial charge in [-0.2, -0.15) is 5.06 Å². The maximum absolute atomic E-state index is 12.3. The second kappa shape index (κ2) is 32.0. The Labute approximate surface area is 600 Å². The van der Waals surface area contributed by atoms with Crippen molar-refractivity contribution in [2.75, 3.05) is 77.3 Å². The Morgan fingerprint density at radius 1 is 0.505 bits per heavy atom. The van der Waals surface area contributed by atoms with Crippen LogP contribution in [-0.2, 0) is 57.3 Å². The average Bonchev–Trinajstić information content (AvgIpc) is 1.57. The van der Waals surface area contributed by atoms with Gasteiger partial charge in [-0.25, -0.2) is 19.1 Å². The predicted molar refractivity (Wildman–Crippen MR) is 366 cm³/mol. The molecule has 1 fully saturated rings. The summed E-state index contributed by atoms with van der Waals surface area (Å²) >= 11 is 0. The van der Waals surface area contributed by atoms with Crippen molar-refractivity contribution in [3.05, 3.63) is 185 Å². The summed E-state index contributed by atoms with van der Waals surface area (Å²) in [4.78, 5) is 73.0. The minimum atomic E-state index is -1.35. The smallest absolute Gasteiger partial charge is 1.00 e. The molecule has 4 aliphatic rings. The number of aliphatic carboxylic acids is 4. The molecule has 1 unspecified atom stereocenters. The van der Waals surface area contributed by atoms with Crippen molar-refractivity contribution in [2.24, 2.45) is 14.1 Å². The van der Waals surface area contributed by atoms with Crippen LogP contribution < -0.4 is 58.9 Å². The van der Waals surface area contributed by atoms with E-state index in [4.69, 9.17) is 9.97 Å². The molecule has 12 rings (SSSR count). The Bertz CT molecular complexity index is 4470. The van der Waals surface area contributed by atoms with Gasteiger partial charge in [0.25, 0.3) is 0 Å². The monoisotopic (exact) mass is 1470 g/mol. The van der Waals surface area contributed by atoms with E-state index in [0.29, 0.717) is 13.0 Å². The van der Waals surface area contributed by atoms with E-state index in [2.05, 4.69) is 132 Å². The van der Waals surface area contributed by atoms with E-state index in [0.717, 1.165) is 117 Å². The van der Waals surface area contributed by atoms with E-state index in [1.807, 2.05) is 98.3 Å². The maximum atomic E-state index is 12.3. The van der Waals surface area contributed by atoms with Crippen LogP contribution in [0.15, 0.2) is 140 Å². The fourth-order valence-electron chi connectivity index (χ4n) is 13.8. The maximum Gasteiger partial charge on any atom is 3.00 e. The van der Waals surface area contributed by atoms with Crippen LogP contribution in [0, 0.1) is 0 Å². The molecule has 9 heterocycles. The molecule has 0 aliphatic carbocycles. The summed E-state index contributed by atoms with van der Waals surface area (Å²) in [5.74, 6) is -5.38. The van der Waals surface area contributed by atoms with Gasteiger partial charge in [0.05, 0.1) is 57.7 Å². The van der Waals surface area contributed by atoms with Crippen LogP contribution in [-0.4, -0.2) is 169 Å². The van der Waals surface area contributed by atoms with Crippen molar-refractivity contribution in [1.82, 2.24) is 44.6 Å². The predicted octanol–water partition coefficient (Wildman–Crippen LogP) is 0.820. The Hall–Kier alpha value is -8.88. The van der Waals surface area contributed by atoms with Gasteiger partial charge < -0.3 is 84.1 Å². The third-order valence-electron chi connectivity index (χ3n) is 18.7. The fraction of sp³-hybridized carbons (Fsp3) is 0.297. The average molecular weight is 1470 g/mol. The number of carboxylic acid groups (broad SMARTS) is 4. The number of H-pyrrole nitrogens is 2. The molecule has 5 aromatic heterocycles. The summed E-state index contributed by atoms with van der Waals surface area (Å²) in [6.45, 7) is 7.52. The Kier molecular flexibility index (Phi) is 24.5. The van der Waals surface area contributed by atoms with Gasteiger partial charge in [0, 0.05) is 159 Å². The molecule has 8 bridgehead atoms. The van der Waals surface area contributed by atoms with Crippen LogP contribution in [0.1, 0.15) is 72.7 Å². The molecule has 512 valence electrons. The van der Waals surface area contributed by atoms with Crippen molar-refractivity contribution < 1.29 is 87.3 Å². The van der Waals surface area contributed by atoms with Crippen LogP contribution in [0.2, 0.25) is 0 Å². The molecule has 1 atom stereocenters. The van der Waals surface area contributed by atoms with E-state index >= 15 is 0 Å². The number of carbonyl (C=O) groups excluding carboxylic acids is 4. The Morgan fingerprint density at radius 2 is 0.879 bits per heavy atom. The zero-order chi connectivity index (χ0) is 66.9. The number of rotatable bonds is 17. The Morgan fingerprint density at radius 3 is 1.32 bits per heavy atom. The van der Waals surface area contributed by atoms with E-state index < -0.39 is 67.2 Å². The number of nitrogens with zero attached hydrogens (tertiary/aromatic N) is 9. The first kappa shape index (κ1) is 75.9. The number of aryl methyl sites for hydroxylation is 2. The summed E-state index contributed by atoms with van der Waals surface area (Å²) in [6, 6.07) is 38.8. The first-order valence-corrected chi connectivity index (χ1v) is 31.9. The van der Waals surface area contributed by atoms with Crippen molar-refractivity contribution in [1.29, 1.82) is 0 Å². The number of pyridine rings is 2. The van der Waals surface area contributed by atoms with Crippen LogP contribution >= 0.6 is 0 Å². The molecule has 21 nitrogen and oxygen atoms in total. The molecule has 0 radical (unpaired) electrons. The summed E-state index contributed by atoms with van der Waals surface area (Å²) in [6.07, 6.45) is 16.7. The number of carbonyl (C=O) groups is 4. The fourth-order valence-corrected chi connectivity index (χ4v) is 13.8. The van der Waals surface area contributed by atoms with Crippen LogP contribution in [0.25, 0.3) is 90.9 Å². The van der Waals surface area contributed by atoms with Crippen LogP contribution in [0.4, 0.5) is 15.1 Å². The van der Waals surface area contributed by atoms with E-state index in [1.54, 1.807) is 19.6 Å². The van der Waals surface area contributed by atoms with E-state index in [1.165, 1.54) is 5.06 Å². The van der Waals surface area contributed by atoms with E-state index in [-0.39, 0.29) is 96.6 Å². The SMILES string of the molecule is C[n+]1ccc(-c2c3nc(c(-c4ccc5c(c4)C(C)(C)N(O)C5(C)C)c4ccc([nH]4)c(-c4cc[n+](C)cc4)c4nc(c(-c5ccc(NCc6ccc(CC7CN(CC(=O)[O-])CCN(CC(=O)[O-])CCN(CC(=O)[O-])CCN7CC(=O)[O-])cc6)cc5)c5ccc2[nH]5)C=C4)C=C3)cc1.[18FH].[18FH].[Al+3].[I-]. The van der Waals surface area contributed by atoms with Crippen molar-refractivity contribution in [3.63, 3.8) is 0 Å². The van der Waals surface area contributed by atoms with Gasteiger partial charge in [0.1, 0.15) is 14.1 Å². The minimum Gasteiger partial charge on any atom is -1.00 e. The number of hydroxylamine groups is 2. The molecule has 4 aliphatic heterocycles. The molecule has 99 heavy (non-hydrogen) atoms. The summed E-state index contributed by atoms with van der Waals surface area (Å²) in [5.41, 5.74) is 17.4. The van der Waals surface area contributed by atoms with Crippen molar-refractivity contribution >= 4 is 93.3 Å². The molecule has 0 saturated carbocycles. The molecule has 0 spiro atoms. The number of carboxylic acids is 4. The number of aromatic amines is 2. The van der Waals surface area contributed by atoms with Gasteiger partial charge in [0.2, 0.25) is 0 Å². The molecule has 0 amide bonds. The summed E-state index contributed by atoms with van der Waals surface area (Å²) in [7, 11) is 3.99. The van der Waals surface area contributed by atoms with Crippen molar-refractivity contribution in [3.8, 4) is 44.5 Å². The number of nitrogens with one attached hydrogen (secondary N) is 3. The zero-order valence-electron chi connectivity index (χ0n) is 55.9. The van der Waals surface area contributed by atoms with E-state index in [9.17, 15) is 44.8 Å². The number of benzene rings is 3. The minimum absolute atomic E-state index is 0. The largest absolute Gasteiger partial charge is 3.00 e. The van der Waals surface area contributed by atoms with Gasteiger partial charge >= 0.3 is 17.4 Å². The van der Waals surface area contributed by atoms with Crippen LogP contribution in [0.5, 0.6) is 0 Å². The zero-order valence-corrected chi connectivity index (χ0v) is 59.2. The third kappa shape index (κ3) is 16.9. The van der Waals surface area contributed by atoms with Gasteiger partial charge in [0.15, 0.2) is 24.8 Å². The summed E-state index contributed by atoms with van der Waals surface area (Å²) in [5, 5.41) is 64.4. The summed E-state index contributed by atoms with van der Waals surface area (Å²) < 4.78 is 4.01. The molecular weight excluding hydrogens is 1390 g/mol. The number of halogens is 3. The van der Waals surface area contributed by atoms with Gasteiger partial charge in [-0.1, -0.05) is 48.5 Å². The van der Waals surface area contributed by atoms with Gasteiger partial charge in [-0.05, 0) is 145 Å². The van der Waals surface area contributed by atoms with Crippen molar-refractivity contribution in [2.45, 2.75) is 57.8 Å². The van der Waals surface area contributed by atoms with Gasteiger partial charge in [-0.15, -0.1) is 0 Å². The topological polar surface area (TPSA) is 274 Å². The number of fused-ring (bicyclic) bond motifs is 9. The molecule has 1 saturated heterocycles. The second-order valence-corrected chi connectivity index (χ2v) is 26.0. The number of aromatic nitrogens is 6. The third-order valence-corrected chi connectivity index (χ3v) is 18.7. The molecule has 25 heteroatoms. The normalized spacial score (nSPS) is 16.4. The second-order valence-electron chi connectivity index (χ2n) is 26.0. The number of hydrogen-bond donors (Lipinski definition) is 4. The van der Waals surface area contributed by atoms with Crippen LogP contribution in [0.3, 0.4) is 0 Å². The quantitative estimate of drug-likeness (QED) is 0.0558. The molecule has 8 aromatic rings. The standard InChI is InChI=1S/C74H78N12O9.Al.2FH.HI/c1-73(2)55-16-13-52(40-56(55)74(3,4)86(73)95)72-63-23-21-61(78-63)70(50-25-29-80(5)30-26-50)59-19-17-57(76-59)69(58-18-20-60(77-58)71(62-22-24-64(72)79-62)51-27-31-81(6)32-28-51)49-11-14-53(15-12-49)75-41-48-9-7-47(8-10-48)39-54-42-84(45-67(91)92)36-35-82(43-65(87)88)33-34-83(44-66(89)90)37-38-85(54)46-68(93)94;;;;/h7-32,40,54,95H,33-39,41-46H2,1-6H3,(H5-,75,76,77,78,79,87,88,89,90,91,92,93,94);;3*1H/q;+3;;;/p-3/i;;2*1-1;. The number of anilines is 1. The molecular formula is C74H78AlF2IN12O9. The first-order valence-electron chi connectivity index (χ1n) is 31.9. The first-order chi connectivity index (χ1) is 45.5. The molecule has 4 N–H and O–H groups in total. The molecule has 3 aromatic carbocycles.